The molecule has 0 saturated heterocycles. The molecule has 0 saturated carbocycles. The van der Waals surface area contributed by atoms with Crippen LogP contribution in [0, 0.1) is 0 Å². The molecule has 30 heavy (non-hydrogen) atoms. The van der Waals surface area contributed by atoms with Crippen LogP contribution in [0.3, 0.4) is 0 Å². The molecule has 0 amide bonds. The fourth-order valence-corrected chi connectivity index (χ4v) is 5.80. The normalized spacial score (nSPS) is 17.9. The van der Waals surface area contributed by atoms with Gasteiger partial charge in [0.25, 0.3) is 0 Å². The summed E-state index contributed by atoms with van der Waals surface area (Å²) in [7, 11) is -3.70. The van der Waals surface area contributed by atoms with Crippen molar-refractivity contribution in [1.29, 1.82) is 0 Å². The van der Waals surface area contributed by atoms with Crippen molar-refractivity contribution < 1.29 is 8.42 Å². The lowest BCUT2D eigenvalue weighted by Crippen LogP contribution is -2.33. The van der Waals surface area contributed by atoms with E-state index in [1.165, 1.54) is 0 Å². The first-order valence-electron chi connectivity index (χ1n) is 9.64. The second-order valence-electron chi connectivity index (χ2n) is 7.31. The molecule has 1 aliphatic rings. The molecule has 150 valence electrons. The van der Waals surface area contributed by atoms with Crippen molar-refractivity contribution in [3.05, 3.63) is 107 Å². The van der Waals surface area contributed by atoms with Crippen LogP contribution in [0.2, 0.25) is 0 Å². The molecular weight excluding hydrogens is 460 g/mol. The first-order chi connectivity index (χ1) is 14.5. The molecule has 0 bridgehead atoms. The van der Waals surface area contributed by atoms with E-state index in [9.17, 15) is 8.42 Å². The van der Waals surface area contributed by atoms with Gasteiger partial charge in [-0.15, -0.1) is 0 Å². The van der Waals surface area contributed by atoms with Crippen LogP contribution in [0.15, 0.2) is 100 Å². The molecule has 1 aliphatic carbocycles. The maximum atomic E-state index is 13.2. The monoisotopic (exact) mass is 478 g/mol. The van der Waals surface area contributed by atoms with Crippen molar-refractivity contribution in [2.75, 3.05) is 5.32 Å². The third-order valence-corrected chi connectivity index (χ3v) is 7.64. The summed E-state index contributed by atoms with van der Waals surface area (Å²) in [6, 6.07) is 27.9. The number of para-hydroxylation sites is 1. The fraction of sp³-hybridized carbons (Fsp3) is 0.0833. The van der Waals surface area contributed by atoms with Crippen molar-refractivity contribution in [2.24, 2.45) is 0 Å². The van der Waals surface area contributed by atoms with Gasteiger partial charge in [-0.3, -0.25) is 0 Å². The van der Waals surface area contributed by atoms with E-state index >= 15 is 0 Å². The standard InChI is InChI=1S/C24H19BrN2O2S/c25-20-14-4-5-15-21(20)26-23-18-12-6-8-16-9-7-13-19(22(16)18)24(23)27-30(28,29)17-10-2-1-3-11-17/h1-15,23-24,26-27H. The summed E-state index contributed by atoms with van der Waals surface area (Å²) in [5.74, 6) is 0. The maximum absolute atomic E-state index is 13.2. The smallest absolute Gasteiger partial charge is 0.241 e. The molecular formula is C24H19BrN2O2S. The van der Waals surface area contributed by atoms with Crippen molar-refractivity contribution >= 4 is 42.4 Å². The maximum Gasteiger partial charge on any atom is 0.241 e. The van der Waals surface area contributed by atoms with E-state index in [0.29, 0.717) is 0 Å². The van der Waals surface area contributed by atoms with Gasteiger partial charge in [0.2, 0.25) is 10.0 Å². The molecule has 0 radical (unpaired) electrons. The number of rotatable bonds is 5. The summed E-state index contributed by atoms with van der Waals surface area (Å²) >= 11 is 3.59. The van der Waals surface area contributed by atoms with Gasteiger partial charge in [-0.1, -0.05) is 66.7 Å². The molecule has 2 unspecified atom stereocenters. The van der Waals surface area contributed by atoms with E-state index in [1.807, 2.05) is 48.5 Å². The number of benzene rings is 4. The van der Waals surface area contributed by atoms with E-state index < -0.39 is 16.1 Å². The Morgan fingerprint density at radius 3 is 2.03 bits per heavy atom. The molecule has 4 aromatic carbocycles. The Bertz CT molecular complexity index is 1330. The Morgan fingerprint density at radius 1 is 0.700 bits per heavy atom. The van der Waals surface area contributed by atoms with E-state index in [4.69, 9.17) is 0 Å². The molecule has 0 aliphatic heterocycles. The minimum atomic E-state index is -3.70. The van der Waals surface area contributed by atoms with E-state index in [-0.39, 0.29) is 10.9 Å². The predicted octanol–water partition coefficient (Wildman–Crippen LogP) is 5.79. The average molecular weight is 479 g/mol. The summed E-state index contributed by atoms with van der Waals surface area (Å²) in [6.45, 7) is 0. The molecule has 0 spiro atoms. The Labute approximate surface area is 184 Å². The number of anilines is 1. The molecule has 0 fully saturated rings. The Hall–Kier alpha value is -2.67. The van der Waals surface area contributed by atoms with Gasteiger partial charge in [-0.05, 0) is 62.1 Å². The van der Waals surface area contributed by atoms with Gasteiger partial charge in [0, 0.05) is 10.2 Å². The highest BCUT2D eigenvalue weighted by Crippen LogP contribution is 2.46. The Kier molecular flexibility index (Phi) is 4.85. The Morgan fingerprint density at radius 2 is 1.33 bits per heavy atom. The number of sulfonamides is 1. The molecule has 0 heterocycles. The highest BCUT2D eigenvalue weighted by Gasteiger charge is 2.37. The first-order valence-corrected chi connectivity index (χ1v) is 11.9. The zero-order valence-corrected chi connectivity index (χ0v) is 18.3. The Balaban J connectivity index is 1.62. The summed E-state index contributed by atoms with van der Waals surface area (Å²) in [4.78, 5) is 0.257. The summed E-state index contributed by atoms with van der Waals surface area (Å²) in [6.07, 6.45) is 0. The van der Waals surface area contributed by atoms with Crippen LogP contribution < -0.4 is 10.0 Å². The van der Waals surface area contributed by atoms with Crippen molar-refractivity contribution in [3.63, 3.8) is 0 Å². The number of nitrogens with one attached hydrogen (secondary N) is 2. The molecule has 4 aromatic rings. The highest BCUT2D eigenvalue weighted by molar-refractivity contribution is 9.10. The fourth-order valence-electron chi connectivity index (χ4n) is 4.15. The average Bonchev–Trinajstić information content (AvgIpc) is 3.05. The molecule has 2 atom stereocenters. The lowest BCUT2D eigenvalue weighted by molar-refractivity contribution is 0.534. The van der Waals surface area contributed by atoms with Gasteiger partial charge in [-0.25, -0.2) is 13.1 Å². The molecule has 4 nitrogen and oxygen atoms in total. The first kappa shape index (κ1) is 19.3. The largest absolute Gasteiger partial charge is 0.375 e. The quantitative estimate of drug-likeness (QED) is 0.381. The van der Waals surface area contributed by atoms with Crippen molar-refractivity contribution in [2.45, 2.75) is 17.0 Å². The molecule has 5 rings (SSSR count). The zero-order valence-electron chi connectivity index (χ0n) is 15.9. The second-order valence-corrected chi connectivity index (χ2v) is 9.87. The SMILES string of the molecule is O=S(=O)(NC1c2cccc3cccc(c23)C1Nc1ccccc1Br)c1ccccc1. The lowest BCUT2D eigenvalue weighted by atomic mass is 10.0. The lowest BCUT2D eigenvalue weighted by Gasteiger charge is -2.25. The highest BCUT2D eigenvalue weighted by atomic mass is 79.9. The van der Waals surface area contributed by atoms with Gasteiger partial charge < -0.3 is 5.32 Å². The van der Waals surface area contributed by atoms with Crippen LogP contribution in [0.5, 0.6) is 0 Å². The van der Waals surface area contributed by atoms with Crippen LogP contribution >= 0.6 is 15.9 Å². The minimum Gasteiger partial charge on any atom is -0.375 e. The predicted molar refractivity (Wildman–Crippen MR) is 124 cm³/mol. The van der Waals surface area contributed by atoms with Gasteiger partial charge in [-0.2, -0.15) is 0 Å². The van der Waals surface area contributed by atoms with Crippen molar-refractivity contribution in [1.82, 2.24) is 4.72 Å². The van der Waals surface area contributed by atoms with Gasteiger partial charge in [0.15, 0.2) is 0 Å². The number of halogens is 1. The van der Waals surface area contributed by atoms with Crippen LogP contribution in [-0.4, -0.2) is 8.42 Å². The van der Waals surface area contributed by atoms with E-state index in [1.54, 1.807) is 24.3 Å². The summed E-state index contributed by atoms with van der Waals surface area (Å²) in [5.41, 5.74) is 2.97. The zero-order chi connectivity index (χ0) is 20.7. The van der Waals surface area contributed by atoms with Crippen LogP contribution in [-0.2, 0) is 10.0 Å². The van der Waals surface area contributed by atoms with Crippen molar-refractivity contribution in [3.8, 4) is 0 Å². The van der Waals surface area contributed by atoms with Gasteiger partial charge in [0.05, 0.1) is 17.0 Å². The second kappa shape index (κ2) is 7.54. The topological polar surface area (TPSA) is 58.2 Å². The van der Waals surface area contributed by atoms with E-state index in [2.05, 4.69) is 44.2 Å². The molecule has 2 N–H and O–H groups in total. The van der Waals surface area contributed by atoms with Crippen LogP contribution in [0.1, 0.15) is 23.2 Å². The van der Waals surface area contributed by atoms with Gasteiger partial charge >= 0.3 is 0 Å². The summed E-state index contributed by atoms with van der Waals surface area (Å²) < 4.78 is 30.2. The third-order valence-electron chi connectivity index (χ3n) is 5.49. The number of hydrogen-bond donors (Lipinski definition) is 2. The molecule has 6 heteroatoms. The van der Waals surface area contributed by atoms with Crippen LogP contribution in [0.4, 0.5) is 5.69 Å². The van der Waals surface area contributed by atoms with Crippen LogP contribution in [0.25, 0.3) is 10.8 Å². The number of hydrogen-bond acceptors (Lipinski definition) is 3. The summed E-state index contributed by atoms with van der Waals surface area (Å²) in [5, 5.41) is 5.77. The molecule has 0 aromatic heterocycles. The van der Waals surface area contributed by atoms with Gasteiger partial charge in [0.1, 0.15) is 0 Å². The van der Waals surface area contributed by atoms with E-state index in [0.717, 1.165) is 32.1 Å². The minimum absolute atomic E-state index is 0.247. The third kappa shape index (κ3) is 3.31.